The van der Waals surface area contributed by atoms with Crippen molar-refractivity contribution < 1.29 is 4.79 Å². The van der Waals surface area contributed by atoms with Gasteiger partial charge in [0.2, 0.25) is 0 Å². The fourth-order valence-corrected chi connectivity index (χ4v) is 2.66. The zero-order valence-electron chi connectivity index (χ0n) is 14.7. The molecule has 0 radical (unpaired) electrons. The number of hydrogen-bond acceptors (Lipinski definition) is 2. The van der Waals surface area contributed by atoms with Crippen molar-refractivity contribution in [2.75, 3.05) is 6.54 Å². The lowest BCUT2D eigenvalue weighted by Crippen LogP contribution is -2.27. The molecule has 0 aromatic carbocycles. The number of rotatable bonds is 5. The van der Waals surface area contributed by atoms with Crippen LogP contribution in [0.5, 0.6) is 0 Å². The van der Waals surface area contributed by atoms with Crippen LogP contribution in [0.25, 0.3) is 16.9 Å². The summed E-state index contributed by atoms with van der Waals surface area (Å²) >= 11 is 0. The van der Waals surface area contributed by atoms with Gasteiger partial charge in [0.1, 0.15) is 5.82 Å². The zero-order chi connectivity index (χ0) is 17.3. The highest BCUT2D eigenvalue weighted by molar-refractivity contribution is 6.00. The number of aromatic nitrogens is 3. The van der Waals surface area contributed by atoms with E-state index in [1.54, 1.807) is 0 Å². The van der Waals surface area contributed by atoms with E-state index in [9.17, 15) is 4.79 Å². The molecule has 5 nitrogen and oxygen atoms in total. The van der Waals surface area contributed by atoms with Gasteiger partial charge in [0.25, 0.3) is 5.91 Å². The van der Waals surface area contributed by atoms with Crippen molar-refractivity contribution in [3.05, 3.63) is 48.5 Å². The van der Waals surface area contributed by atoms with E-state index in [0.717, 1.165) is 16.9 Å². The molecule has 24 heavy (non-hydrogen) atoms. The maximum Gasteiger partial charge on any atom is 0.272 e. The SMILES string of the molecule is CC(C)CNC(=O)c1nc(-c2ccn(C(C)C)c2)n2ccccc12. The summed E-state index contributed by atoms with van der Waals surface area (Å²) in [5.41, 5.74) is 2.31. The molecule has 0 aliphatic carbocycles. The van der Waals surface area contributed by atoms with Crippen molar-refractivity contribution in [3.8, 4) is 11.4 Å². The number of imidazole rings is 1. The second-order valence-electron chi connectivity index (χ2n) is 6.78. The van der Waals surface area contributed by atoms with Crippen LogP contribution in [-0.4, -0.2) is 26.4 Å². The lowest BCUT2D eigenvalue weighted by Gasteiger charge is -2.05. The molecule has 0 bridgehead atoms. The second kappa shape index (κ2) is 6.51. The van der Waals surface area contributed by atoms with Gasteiger partial charge in [0.05, 0.1) is 5.52 Å². The van der Waals surface area contributed by atoms with Crippen molar-refractivity contribution in [1.82, 2.24) is 19.3 Å². The van der Waals surface area contributed by atoms with Gasteiger partial charge in [-0.15, -0.1) is 0 Å². The summed E-state index contributed by atoms with van der Waals surface area (Å²) in [5.74, 6) is 1.07. The van der Waals surface area contributed by atoms with Crippen molar-refractivity contribution in [2.24, 2.45) is 5.92 Å². The third kappa shape index (κ3) is 3.07. The molecule has 0 fully saturated rings. The van der Waals surface area contributed by atoms with Gasteiger partial charge in [-0.2, -0.15) is 0 Å². The molecule has 0 aliphatic rings. The highest BCUT2D eigenvalue weighted by Gasteiger charge is 2.18. The van der Waals surface area contributed by atoms with Gasteiger partial charge in [0.15, 0.2) is 5.69 Å². The van der Waals surface area contributed by atoms with Gasteiger partial charge >= 0.3 is 0 Å². The topological polar surface area (TPSA) is 51.3 Å². The second-order valence-corrected chi connectivity index (χ2v) is 6.78. The predicted molar refractivity (Wildman–Crippen MR) is 96.2 cm³/mol. The quantitative estimate of drug-likeness (QED) is 0.776. The maximum absolute atomic E-state index is 12.5. The molecule has 3 aromatic heterocycles. The van der Waals surface area contributed by atoms with Crippen LogP contribution in [0.3, 0.4) is 0 Å². The molecule has 0 atom stereocenters. The number of amides is 1. The summed E-state index contributed by atoms with van der Waals surface area (Å²) in [6.07, 6.45) is 6.06. The van der Waals surface area contributed by atoms with Crippen LogP contribution in [-0.2, 0) is 0 Å². The minimum atomic E-state index is -0.123. The summed E-state index contributed by atoms with van der Waals surface area (Å²) in [6, 6.07) is 8.24. The molecule has 0 saturated heterocycles. The molecule has 0 aliphatic heterocycles. The number of hydrogen-bond donors (Lipinski definition) is 1. The minimum absolute atomic E-state index is 0.123. The van der Waals surface area contributed by atoms with Crippen LogP contribution in [0.1, 0.15) is 44.2 Å². The Labute approximate surface area is 142 Å². The number of pyridine rings is 1. The molecular formula is C19H24N4O. The summed E-state index contributed by atoms with van der Waals surface area (Å²) in [7, 11) is 0. The molecule has 3 aromatic rings. The molecule has 1 amide bonds. The Kier molecular flexibility index (Phi) is 4.42. The van der Waals surface area contributed by atoms with Crippen molar-refractivity contribution in [2.45, 2.75) is 33.7 Å². The number of carbonyl (C=O) groups is 1. The van der Waals surface area contributed by atoms with Crippen molar-refractivity contribution in [1.29, 1.82) is 0 Å². The van der Waals surface area contributed by atoms with Crippen LogP contribution in [0.2, 0.25) is 0 Å². The molecule has 0 spiro atoms. The predicted octanol–water partition coefficient (Wildman–Crippen LogP) is 3.77. The van der Waals surface area contributed by atoms with Gasteiger partial charge < -0.3 is 9.88 Å². The van der Waals surface area contributed by atoms with Gasteiger partial charge in [-0.3, -0.25) is 9.20 Å². The maximum atomic E-state index is 12.5. The lowest BCUT2D eigenvalue weighted by molar-refractivity contribution is 0.0946. The highest BCUT2D eigenvalue weighted by atomic mass is 16.1. The first-order valence-electron chi connectivity index (χ1n) is 8.40. The monoisotopic (exact) mass is 324 g/mol. The van der Waals surface area contributed by atoms with Gasteiger partial charge in [-0.25, -0.2) is 4.98 Å². The Morgan fingerprint density at radius 2 is 1.96 bits per heavy atom. The normalized spacial score (nSPS) is 11.6. The fraction of sp³-hybridized carbons (Fsp3) is 0.368. The van der Waals surface area contributed by atoms with Crippen LogP contribution in [0, 0.1) is 5.92 Å². The van der Waals surface area contributed by atoms with Gasteiger partial charge in [-0.05, 0) is 38.0 Å². The van der Waals surface area contributed by atoms with Crippen LogP contribution in [0.15, 0.2) is 42.9 Å². The number of nitrogens with zero attached hydrogens (tertiary/aromatic N) is 3. The summed E-state index contributed by atoms with van der Waals surface area (Å²) in [6.45, 7) is 9.07. The average molecular weight is 324 g/mol. The van der Waals surface area contributed by atoms with E-state index in [0.29, 0.717) is 24.2 Å². The van der Waals surface area contributed by atoms with Crippen molar-refractivity contribution >= 4 is 11.4 Å². The number of carbonyl (C=O) groups excluding carboxylic acids is 1. The first kappa shape index (κ1) is 16.3. The van der Waals surface area contributed by atoms with Crippen LogP contribution >= 0.6 is 0 Å². The summed E-state index contributed by atoms with van der Waals surface area (Å²) in [5, 5.41) is 2.96. The Hall–Kier alpha value is -2.56. The van der Waals surface area contributed by atoms with Crippen molar-refractivity contribution in [3.63, 3.8) is 0 Å². The smallest absolute Gasteiger partial charge is 0.272 e. The Morgan fingerprint density at radius 1 is 1.17 bits per heavy atom. The zero-order valence-corrected chi connectivity index (χ0v) is 14.7. The van der Waals surface area contributed by atoms with Crippen LogP contribution < -0.4 is 5.32 Å². The van der Waals surface area contributed by atoms with E-state index >= 15 is 0 Å². The molecule has 126 valence electrons. The Balaban J connectivity index is 2.04. The van der Waals surface area contributed by atoms with Crippen LogP contribution in [0.4, 0.5) is 0 Å². The molecule has 0 unspecified atom stereocenters. The Morgan fingerprint density at radius 3 is 2.62 bits per heavy atom. The molecule has 0 saturated carbocycles. The standard InChI is InChI=1S/C19H24N4O/c1-13(2)11-20-19(24)17-16-7-5-6-9-23(16)18(21-17)15-8-10-22(12-15)14(3)4/h5-10,12-14H,11H2,1-4H3,(H,20,24). The molecule has 3 rings (SSSR count). The van der Waals surface area contributed by atoms with E-state index in [2.05, 4.69) is 48.8 Å². The van der Waals surface area contributed by atoms with E-state index in [1.807, 2.05) is 41.1 Å². The molecule has 5 heteroatoms. The number of nitrogens with one attached hydrogen (secondary N) is 1. The number of fused-ring (bicyclic) bond motifs is 1. The third-order valence-electron chi connectivity index (χ3n) is 4.00. The first-order chi connectivity index (χ1) is 11.5. The highest BCUT2D eigenvalue weighted by Crippen LogP contribution is 2.24. The van der Waals surface area contributed by atoms with E-state index < -0.39 is 0 Å². The van der Waals surface area contributed by atoms with Gasteiger partial charge in [0, 0.05) is 36.7 Å². The van der Waals surface area contributed by atoms with E-state index in [1.165, 1.54) is 0 Å². The fourth-order valence-electron chi connectivity index (χ4n) is 2.66. The summed E-state index contributed by atoms with van der Waals surface area (Å²) < 4.78 is 4.11. The molecular weight excluding hydrogens is 300 g/mol. The van der Waals surface area contributed by atoms with E-state index in [4.69, 9.17) is 0 Å². The molecule has 1 N–H and O–H groups in total. The van der Waals surface area contributed by atoms with Gasteiger partial charge in [-0.1, -0.05) is 19.9 Å². The first-order valence-corrected chi connectivity index (χ1v) is 8.40. The largest absolute Gasteiger partial charge is 0.351 e. The van der Waals surface area contributed by atoms with E-state index in [-0.39, 0.29) is 5.91 Å². The lowest BCUT2D eigenvalue weighted by atomic mass is 10.2. The summed E-state index contributed by atoms with van der Waals surface area (Å²) in [4.78, 5) is 17.2. The molecule has 3 heterocycles. The minimum Gasteiger partial charge on any atom is -0.351 e. The Bertz CT molecular complexity index is 857. The average Bonchev–Trinajstić information content (AvgIpc) is 3.17. The third-order valence-corrected chi connectivity index (χ3v) is 4.00.